The zero-order valence-electron chi connectivity index (χ0n) is 5.38. The lowest BCUT2D eigenvalue weighted by atomic mass is 10.4. The summed E-state index contributed by atoms with van der Waals surface area (Å²) >= 11 is 0. The minimum atomic E-state index is -5.62. The quantitative estimate of drug-likeness (QED) is 0.473. The van der Waals surface area contributed by atoms with Crippen molar-refractivity contribution in [2.24, 2.45) is 0 Å². The van der Waals surface area contributed by atoms with Crippen LogP contribution in [0.15, 0.2) is 0 Å². The Labute approximate surface area is 64.4 Å². The normalized spacial score (nSPS) is 13.9. The van der Waals surface area contributed by atoms with Crippen LogP contribution < -0.4 is 9.79 Å². The SMILES string of the molecule is O=P([O-])([O-])OCC(F)(F)C(F)F. The van der Waals surface area contributed by atoms with Crippen LogP contribution in [0.5, 0.6) is 0 Å². The van der Waals surface area contributed by atoms with Crippen LogP contribution in [0.2, 0.25) is 0 Å². The summed E-state index contributed by atoms with van der Waals surface area (Å²) in [7, 11) is -5.62. The molecule has 74 valence electrons. The first-order chi connectivity index (χ1) is 5.15. The third-order valence-electron chi connectivity index (χ3n) is 0.734. The number of rotatable bonds is 4. The fourth-order valence-corrected chi connectivity index (χ4v) is 0.558. The zero-order chi connectivity index (χ0) is 9.99. The molecule has 0 N–H and O–H groups in total. The molecule has 0 fully saturated rings. The molecule has 0 aliphatic heterocycles. The minimum Gasteiger partial charge on any atom is -0.790 e. The summed E-state index contributed by atoms with van der Waals surface area (Å²) in [6.45, 7) is -2.13. The maximum atomic E-state index is 11.8. The van der Waals surface area contributed by atoms with E-state index in [1.165, 1.54) is 0 Å². The lowest BCUT2D eigenvalue weighted by molar-refractivity contribution is -0.345. The Morgan fingerprint density at radius 3 is 2.08 bits per heavy atom. The van der Waals surface area contributed by atoms with E-state index >= 15 is 0 Å². The van der Waals surface area contributed by atoms with Gasteiger partial charge in [0.1, 0.15) is 6.61 Å². The molecule has 0 atom stereocenters. The van der Waals surface area contributed by atoms with Crippen LogP contribution in [0.3, 0.4) is 0 Å². The molecular formula is C3H3F4O4P-2. The highest BCUT2D eigenvalue weighted by molar-refractivity contribution is 7.43. The Balaban J connectivity index is 4.01. The molecule has 0 aliphatic carbocycles. The third-order valence-corrected chi connectivity index (χ3v) is 1.18. The molecule has 0 radical (unpaired) electrons. The van der Waals surface area contributed by atoms with E-state index < -0.39 is 26.8 Å². The van der Waals surface area contributed by atoms with Gasteiger partial charge in [-0.25, -0.2) is 8.78 Å². The van der Waals surface area contributed by atoms with Crippen molar-refractivity contribution in [2.75, 3.05) is 6.61 Å². The van der Waals surface area contributed by atoms with E-state index in [1.54, 1.807) is 0 Å². The van der Waals surface area contributed by atoms with Crippen molar-refractivity contribution in [1.82, 2.24) is 0 Å². The summed E-state index contributed by atoms with van der Waals surface area (Å²) in [5.74, 6) is -4.62. The standard InChI is InChI=1S/C3H5F4O4P/c4-2(5)3(6,7)1-11-12(8,9)10/h2H,1H2,(H2,8,9,10)/p-2. The van der Waals surface area contributed by atoms with Crippen LogP contribution in [-0.2, 0) is 9.09 Å². The minimum absolute atomic E-state index is 2.13. The summed E-state index contributed by atoms with van der Waals surface area (Å²) in [4.78, 5) is 19.1. The molecule has 0 unspecified atom stereocenters. The Morgan fingerprint density at radius 2 is 1.83 bits per heavy atom. The van der Waals surface area contributed by atoms with Crippen LogP contribution in [0.25, 0.3) is 0 Å². The van der Waals surface area contributed by atoms with Crippen LogP contribution in [0.4, 0.5) is 17.6 Å². The average molecular weight is 210 g/mol. The lowest BCUT2D eigenvalue weighted by Crippen LogP contribution is -2.33. The van der Waals surface area contributed by atoms with Crippen LogP contribution in [0.1, 0.15) is 0 Å². The first-order valence-corrected chi connectivity index (χ1v) is 3.94. The van der Waals surface area contributed by atoms with Crippen molar-refractivity contribution >= 4 is 7.82 Å². The van der Waals surface area contributed by atoms with Crippen molar-refractivity contribution < 1.29 is 36.4 Å². The van der Waals surface area contributed by atoms with Gasteiger partial charge in [-0.05, 0) is 0 Å². The molecular weight excluding hydrogens is 207 g/mol. The Morgan fingerprint density at radius 1 is 1.42 bits per heavy atom. The van der Waals surface area contributed by atoms with Crippen LogP contribution >= 0.6 is 7.82 Å². The smallest absolute Gasteiger partial charge is 0.330 e. The number of phosphoric ester groups is 1. The molecule has 0 aromatic rings. The molecule has 0 heterocycles. The van der Waals surface area contributed by atoms with Gasteiger partial charge < -0.3 is 18.9 Å². The van der Waals surface area contributed by atoms with Gasteiger partial charge >= 0.3 is 12.3 Å². The largest absolute Gasteiger partial charge is 0.790 e. The van der Waals surface area contributed by atoms with Crippen LogP contribution in [0, 0.1) is 0 Å². The number of hydrogen-bond acceptors (Lipinski definition) is 4. The molecule has 0 saturated heterocycles. The highest BCUT2D eigenvalue weighted by Crippen LogP contribution is 2.31. The second kappa shape index (κ2) is 3.69. The van der Waals surface area contributed by atoms with Crippen molar-refractivity contribution in [3.05, 3.63) is 0 Å². The predicted octanol–water partition coefficient (Wildman–Crippen LogP) is -0.268. The number of alkyl halides is 4. The van der Waals surface area contributed by atoms with Gasteiger partial charge in [-0.1, -0.05) is 0 Å². The van der Waals surface area contributed by atoms with Gasteiger partial charge in [-0.2, -0.15) is 8.78 Å². The van der Waals surface area contributed by atoms with E-state index in [9.17, 15) is 31.9 Å². The van der Waals surface area contributed by atoms with Gasteiger partial charge in [0.2, 0.25) is 0 Å². The highest BCUT2D eigenvalue weighted by Gasteiger charge is 2.41. The predicted molar refractivity (Wildman–Crippen MR) is 24.5 cm³/mol. The maximum absolute atomic E-state index is 11.8. The van der Waals surface area contributed by atoms with Crippen LogP contribution in [-0.4, -0.2) is 19.0 Å². The fraction of sp³-hybridized carbons (Fsp3) is 1.00. The van der Waals surface area contributed by atoms with Crippen molar-refractivity contribution in [1.29, 1.82) is 0 Å². The highest BCUT2D eigenvalue weighted by atomic mass is 31.2. The first-order valence-electron chi connectivity index (χ1n) is 2.48. The first kappa shape index (κ1) is 11.8. The number of halogens is 4. The molecule has 0 aromatic heterocycles. The molecule has 12 heavy (non-hydrogen) atoms. The Hall–Kier alpha value is -0.170. The molecule has 0 amide bonds. The van der Waals surface area contributed by atoms with Gasteiger partial charge in [0.05, 0.1) is 7.82 Å². The molecule has 0 saturated carbocycles. The molecule has 0 spiro atoms. The summed E-state index contributed by atoms with van der Waals surface area (Å²) in [5.41, 5.74) is 0. The number of hydrogen-bond donors (Lipinski definition) is 0. The van der Waals surface area contributed by atoms with E-state index in [0.29, 0.717) is 0 Å². The second-order valence-electron chi connectivity index (χ2n) is 1.78. The summed E-state index contributed by atoms with van der Waals surface area (Å²) < 4.78 is 58.7. The molecule has 0 bridgehead atoms. The van der Waals surface area contributed by atoms with E-state index in [-0.39, 0.29) is 0 Å². The van der Waals surface area contributed by atoms with Crippen molar-refractivity contribution in [3.8, 4) is 0 Å². The zero-order valence-corrected chi connectivity index (χ0v) is 6.27. The van der Waals surface area contributed by atoms with Gasteiger partial charge in [0.15, 0.2) is 0 Å². The topological polar surface area (TPSA) is 72.4 Å². The van der Waals surface area contributed by atoms with E-state index in [0.717, 1.165) is 0 Å². The number of phosphoric acid groups is 1. The monoisotopic (exact) mass is 210 g/mol. The van der Waals surface area contributed by atoms with E-state index in [2.05, 4.69) is 4.52 Å². The fourth-order valence-electron chi connectivity index (χ4n) is 0.228. The van der Waals surface area contributed by atoms with Gasteiger partial charge in [-0.3, -0.25) is 0 Å². The van der Waals surface area contributed by atoms with Gasteiger partial charge in [0, 0.05) is 0 Å². The molecule has 0 rings (SSSR count). The Bertz CT molecular complexity index is 189. The summed E-state index contributed by atoms with van der Waals surface area (Å²) in [5, 5.41) is 0. The van der Waals surface area contributed by atoms with Gasteiger partial charge in [0.25, 0.3) is 0 Å². The summed E-state index contributed by atoms with van der Waals surface area (Å²) in [6.07, 6.45) is -4.07. The van der Waals surface area contributed by atoms with Gasteiger partial charge in [-0.15, -0.1) is 0 Å². The molecule has 0 aliphatic rings. The van der Waals surface area contributed by atoms with E-state index in [4.69, 9.17) is 0 Å². The average Bonchev–Trinajstić information content (AvgIpc) is 1.82. The molecule has 9 heteroatoms. The van der Waals surface area contributed by atoms with E-state index in [1.807, 2.05) is 0 Å². The molecule has 4 nitrogen and oxygen atoms in total. The maximum Gasteiger partial charge on any atom is 0.330 e. The third kappa shape index (κ3) is 4.66. The Kier molecular flexibility index (Phi) is 3.64. The van der Waals surface area contributed by atoms with Crippen molar-refractivity contribution in [3.63, 3.8) is 0 Å². The lowest BCUT2D eigenvalue weighted by Gasteiger charge is -2.30. The molecule has 0 aromatic carbocycles. The summed E-state index contributed by atoms with van der Waals surface area (Å²) in [6, 6.07) is 0. The second-order valence-corrected chi connectivity index (χ2v) is 2.94. The van der Waals surface area contributed by atoms with Crippen molar-refractivity contribution in [2.45, 2.75) is 12.3 Å².